The number of thiophene rings is 1. The number of nitrogens with zero attached hydrogens (tertiary/aromatic N) is 1. The normalized spacial score (nSPS) is 29.0. The molecule has 1 aromatic carbocycles. The number of benzene rings is 1. The molecule has 0 saturated carbocycles. The number of hydrazine groups is 1. The summed E-state index contributed by atoms with van der Waals surface area (Å²) in [6.45, 7) is 2.08. The molecule has 24 heavy (non-hydrogen) atoms. The van der Waals surface area contributed by atoms with Gasteiger partial charge in [-0.1, -0.05) is 30.3 Å². The molecule has 0 bridgehead atoms. The predicted octanol–water partition coefficient (Wildman–Crippen LogP) is 2.66. The van der Waals surface area contributed by atoms with E-state index in [4.69, 9.17) is 10.5 Å². The number of aryl methyl sites for hydroxylation is 1. The van der Waals surface area contributed by atoms with E-state index in [-0.39, 0.29) is 30.0 Å². The molecular weight excluding hydrogens is 320 g/mol. The molecule has 4 atom stereocenters. The van der Waals surface area contributed by atoms with E-state index in [0.29, 0.717) is 5.57 Å². The first-order valence-corrected chi connectivity index (χ1v) is 8.75. The third-order valence-electron chi connectivity index (χ3n) is 4.79. The van der Waals surface area contributed by atoms with Crippen molar-refractivity contribution in [2.45, 2.75) is 25.1 Å². The zero-order valence-corrected chi connectivity index (χ0v) is 14.0. The summed E-state index contributed by atoms with van der Waals surface area (Å²) in [6, 6.07) is 14.6. The van der Waals surface area contributed by atoms with Crippen molar-refractivity contribution in [2.75, 3.05) is 0 Å². The Morgan fingerprint density at radius 3 is 2.67 bits per heavy atom. The lowest BCUT2D eigenvalue weighted by molar-refractivity contribution is 0.0345. The number of hydrogen-bond acceptors (Lipinski definition) is 6. The quantitative estimate of drug-likeness (QED) is 0.784. The van der Waals surface area contributed by atoms with Gasteiger partial charge in [-0.25, -0.2) is 10.9 Å². The van der Waals surface area contributed by atoms with Crippen LogP contribution in [0, 0.1) is 24.2 Å². The smallest absolute Gasteiger partial charge is 0.200 e. The summed E-state index contributed by atoms with van der Waals surface area (Å²) in [5.74, 6) is 0.188. The Balaban J connectivity index is 1.84. The average Bonchev–Trinajstić information content (AvgIpc) is 3.20. The van der Waals surface area contributed by atoms with Crippen LogP contribution in [0.1, 0.15) is 28.0 Å². The molecule has 122 valence electrons. The summed E-state index contributed by atoms with van der Waals surface area (Å²) in [6.07, 6.45) is -0.265. The molecule has 1 fully saturated rings. The lowest BCUT2D eigenvalue weighted by Gasteiger charge is -2.35. The molecule has 0 aliphatic carbocycles. The van der Waals surface area contributed by atoms with Crippen LogP contribution in [0.5, 0.6) is 0 Å². The molecule has 3 heterocycles. The van der Waals surface area contributed by atoms with Gasteiger partial charge in [-0.2, -0.15) is 5.26 Å². The molecule has 0 spiro atoms. The zero-order valence-electron chi connectivity index (χ0n) is 13.2. The van der Waals surface area contributed by atoms with Crippen LogP contribution in [0.15, 0.2) is 53.2 Å². The maximum absolute atomic E-state index is 9.69. The topological polar surface area (TPSA) is 83.1 Å². The van der Waals surface area contributed by atoms with Crippen molar-refractivity contribution >= 4 is 11.3 Å². The molecule has 0 amide bonds. The molecule has 4 N–H and O–H groups in total. The SMILES string of the molecule is Cc1ccsc1C1C(C#N)=C(N)OC2NNC(c3ccccc3)C21. The van der Waals surface area contributed by atoms with Gasteiger partial charge < -0.3 is 10.5 Å². The Bertz CT molecular complexity index is 823. The van der Waals surface area contributed by atoms with Gasteiger partial charge in [0.15, 0.2) is 6.23 Å². The van der Waals surface area contributed by atoms with E-state index in [9.17, 15) is 5.26 Å². The van der Waals surface area contributed by atoms with Crippen LogP contribution in [0.25, 0.3) is 0 Å². The first kappa shape index (κ1) is 15.2. The number of rotatable bonds is 2. The molecule has 6 heteroatoms. The largest absolute Gasteiger partial charge is 0.458 e. The molecule has 1 saturated heterocycles. The minimum atomic E-state index is -0.265. The highest BCUT2D eigenvalue weighted by Gasteiger charge is 2.49. The van der Waals surface area contributed by atoms with Gasteiger partial charge in [-0.05, 0) is 29.5 Å². The first-order valence-electron chi connectivity index (χ1n) is 7.87. The minimum Gasteiger partial charge on any atom is -0.458 e. The van der Waals surface area contributed by atoms with E-state index in [0.717, 1.165) is 5.56 Å². The maximum Gasteiger partial charge on any atom is 0.200 e. The van der Waals surface area contributed by atoms with E-state index < -0.39 is 0 Å². The van der Waals surface area contributed by atoms with Crippen LogP contribution >= 0.6 is 11.3 Å². The number of nitrogens with two attached hydrogens (primary N) is 1. The van der Waals surface area contributed by atoms with Gasteiger partial charge in [-0.3, -0.25) is 0 Å². The Kier molecular flexibility index (Phi) is 3.77. The molecular formula is C18H18N4OS. The molecule has 4 rings (SSSR count). The molecule has 0 radical (unpaired) electrons. The molecule has 2 aromatic rings. The Morgan fingerprint density at radius 2 is 2.00 bits per heavy atom. The fourth-order valence-electron chi connectivity index (χ4n) is 3.66. The van der Waals surface area contributed by atoms with Crippen LogP contribution < -0.4 is 16.6 Å². The monoisotopic (exact) mass is 338 g/mol. The van der Waals surface area contributed by atoms with Crippen LogP contribution in [-0.4, -0.2) is 6.23 Å². The average molecular weight is 338 g/mol. The summed E-state index contributed by atoms with van der Waals surface area (Å²) in [5.41, 5.74) is 15.5. The first-order chi connectivity index (χ1) is 11.7. The van der Waals surface area contributed by atoms with Gasteiger partial charge >= 0.3 is 0 Å². The third kappa shape index (κ3) is 2.29. The molecule has 4 unspecified atom stereocenters. The standard InChI is InChI=1S/C18H18N4OS/c1-10-7-8-24-16(10)13-12(9-19)17(20)23-18-14(13)15(21-22-18)11-5-3-2-4-6-11/h2-8,13-15,18,21-22H,20H2,1H3. The van der Waals surface area contributed by atoms with Crippen LogP contribution in [0.2, 0.25) is 0 Å². The number of nitriles is 1. The zero-order chi connectivity index (χ0) is 16.7. The van der Waals surface area contributed by atoms with Crippen molar-refractivity contribution in [3.8, 4) is 6.07 Å². The van der Waals surface area contributed by atoms with Gasteiger partial charge in [0.25, 0.3) is 0 Å². The minimum absolute atomic E-state index is 0.0409. The third-order valence-corrected chi connectivity index (χ3v) is 5.90. The van der Waals surface area contributed by atoms with E-state index in [1.165, 1.54) is 10.4 Å². The van der Waals surface area contributed by atoms with Gasteiger partial charge in [-0.15, -0.1) is 11.3 Å². The van der Waals surface area contributed by atoms with Crippen LogP contribution in [0.3, 0.4) is 0 Å². The van der Waals surface area contributed by atoms with Gasteiger partial charge in [0.2, 0.25) is 5.88 Å². The van der Waals surface area contributed by atoms with E-state index in [1.807, 2.05) is 18.2 Å². The van der Waals surface area contributed by atoms with E-state index in [1.54, 1.807) is 11.3 Å². The summed E-state index contributed by atoms with van der Waals surface area (Å²) in [5, 5.41) is 11.8. The Morgan fingerprint density at radius 1 is 1.21 bits per heavy atom. The van der Waals surface area contributed by atoms with E-state index >= 15 is 0 Å². The highest BCUT2D eigenvalue weighted by molar-refractivity contribution is 7.10. The lowest BCUT2D eigenvalue weighted by atomic mass is 9.76. The number of allylic oxidation sites excluding steroid dienone is 1. The second kappa shape index (κ2) is 5.95. The predicted molar refractivity (Wildman–Crippen MR) is 92.4 cm³/mol. The molecule has 1 aromatic heterocycles. The molecule has 5 nitrogen and oxygen atoms in total. The Labute approximate surface area is 144 Å². The summed E-state index contributed by atoms with van der Waals surface area (Å²) >= 11 is 1.67. The second-order valence-corrected chi connectivity index (χ2v) is 7.08. The van der Waals surface area contributed by atoms with Crippen molar-refractivity contribution < 1.29 is 4.74 Å². The van der Waals surface area contributed by atoms with Crippen molar-refractivity contribution in [1.82, 2.24) is 10.9 Å². The van der Waals surface area contributed by atoms with Gasteiger partial charge in [0.05, 0.1) is 11.6 Å². The number of fused-ring (bicyclic) bond motifs is 1. The molecule has 2 aliphatic heterocycles. The van der Waals surface area contributed by atoms with Crippen molar-refractivity contribution in [3.05, 3.63) is 69.2 Å². The number of ether oxygens (including phenoxy) is 1. The van der Waals surface area contributed by atoms with Crippen LogP contribution in [0.4, 0.5) is 0 Å². The van der Waals surface area contributed by atoms with E-state index in [2.05, 4.69) is 47.4 Å². The highest BCUT2D eigenvalue weighted by atomic mass is 32.1. The fourth-order valence-corrected chi connectivity index (χ4v) is 4.75. The lowest BCUT2D eigenvalue weighted by Crippen LogP contribution is -2.40. The second-order valence-electron chi connectivity index (χ2n) is 6.13. The highest BCUT2D eigenvalue weighted by Crippen LogP contribution is 2.49. The summed E-state index contributed by atoms with van der Waals surface area (Å²) < 4.78 is 5.80. The van der Waals surface area contributed by atoms with Gasteiger partial charge in [0, 0.05) is 16.7 Å². The van der Waals surface area contributed by atoms with Crippen molar-refractivity contribution in [2.24, 2.45) is 11.7 Å². The molecule has 2 aliphatic rings. The Hall–Kier alpha value is -2.33. The van der Waals surface area contributed by atoms with Crippen LogP contribution in [-0.2, 0) is 4.74 Å². The van der Waals surface area contributed by atoms with Crippen molar-refractivity contribution in [3.63, 3.8) is 0 Å². The number of hydrogen-bond donors (Lipinski definition) is 3. The summed E-state index contributed by atoms with van der Waals surface area (Å²) in [4.78, 5) is 1.18. The number of nitrogens with one attached hydrogen (secondary N) is 2. The summed E-state index contributed by atoms with van der Waals surface area (Å²) in [7, 11) is 0. The fraction of sp³-hybridized carbons (Fsp3) is 0.278. The maximum atomic E-state index is 9.69. The van der Waals surface area contributed by atoms with Crippen molar-refractivity contribution in [1.29, 1.82) is 5.26 Å². The van der Waals surface area contributed by atoms with Gasteiger partial charge in [0.1, 0.15) is 6.07 Å².